The van der Waals surface area contributed by atoms with Crippen molar-refractivity contribution in [2.75, 3.05) is 13.2 Å². The maximum Gasteiger partial charge on any atom is 0.216 e. The van der Waals surface area contributed by atoms with E-state index in [4.69, 9.17) is 9.84 Å². The molecule has 1 fully saturated rings. The summed E-state index contributed by atoms with van der Waals surface area (Å²) in [5.41, 5.74) is 1.39. The normalized spacial score (nSPS) is 20.4. The Hall–Kier alpha value is -0.950. The Morgan fingerprint density at radius 2 is 2.16 bits per heavy atom. The van der Waals surface area contributed by atoms with E-state index in [9.17, 15) is 8.42 Å². The number of aliphatic hydroxyl groups excluding tert-OH is 1. The molecule has 0 bridgehead atoms. The van der Waals surface area contributed by atoms with E-state index in [1.165, 1.54) is 0 Å². The number of ether oxygens (including phenoxy) is 1. The van der Waals surface area contributed by atoms with Gasteiger partial charge >= 0.3 is 0 Å². The number of aliphatic hydroxyl groups is 1. The molecule has 5 nitrogen and oxygen atoms in total. The third kappa shape index (κ3) is 4.58. The third-order valence-corrected chi connectivity index (χ3v) is 4.44. The Bertz CT molecular complexity index is 509. The first-order valence-corrected chi connectivity index (χ1v) is 8.01. The van der Waals surface area contributed by atoms with Crippen LogP contribution in [0.15, 0.2) is 24.3 Å². The molecule has 2 rings (SSSR count). The number of sulfonamides is 1. The van der Waals surface area contributed by atoms with E-state index in [0.29, 0.717) is 24.3 Å². The minimum atomic E-state index is -3.37. The lowest BCUT2D eigenvalue weighted by molar-refractivity contribution is 0.0774. The zero-order chi connectivity index (χ0) is 13.7. The van der Waals surface area contributed by atoms with E-state index in [0.717, 1.165) is 12.8 Å². The van der Waals surface area contributed by atoms with Gasteiger partial charge in [0, 0.05) is 12.6 Å². The predicted octanol–water partition coefficient (Wildman–Crippen LogP) is 0.777. The third-order valence-electron chi connectivity index (χ3n) is 3.04. The molecule has 1 saturated heterocycles. The molecule has 0 saturated carbocycles. The fraction of sp³-hybridized carbons (Fsp3) is 0.538. The minimum Gasteiger partial charge on any atom is -0.392 e. The van der Waals surface area contributed by atoms with Gasteiger partial charge in [0.1, 0.15) is 0 Å². The zero-order valence-corrected chi connectivity index (χ0v) is 11.5. The molecule has 106 valence electrons. The summed E-state index contributed by atoms with van der Waals surface area (Å²) < 4.78 is 32.0. The standard InChI is InChI=1S/C13H19NO4S/c15-8-11-3-1-4-12(7-11)10-19(16,17)14-13-5-2-6-18-9-13/h1,3-4,7,13-15H,2,5-6,8-10H2. The first-order valence-electron chi connectivity index (χ1n) is 6.35. The van der Waals surface area contributed by atoms with Crippen molar-refractivity contribution in [2.45, 2.75) is 31.2 Å². The van der Waals surface area contributed by atoms with Gasteiger partial charge < -0.3 is 9.84 Å². The molecule has 1 aliphatic heterocycles. The van der Waals surface area contributed by atoms with Crippen LogP contribution in [-0.4, -0.2) is 32.8 Å². The SMILES string of the molecule is O=S(=O)(Cc1cccc(CO)c1)NC1CCCOC1. The van der Waals surface area contributed by atoms with Gasteiger partial charge in [-0.2, -0.15) is 0 Å². The summed E-state index contributed by atoms with van der Waals surface area (Å²) in [4.78, 5) is 0. The van der Waals surface area contributed by atoms with Crippen molar-refractivity contribution < 1.29 is 18.3 Å². The van der Waals surface area contributed by atoms with Crippen molar-refractivity contribution in [1.29, 1.82) is 0 Å². The summed E-state index contributed by atoms with van der Waals surface area (Å²) in [6.45, 7) is 1.06. The summed E-state index contributed by atoms with van der Waals surface area (Å²) >= 11 is 0. The molecule has 6 heteroatoms. The Labute approximate surface area is 113 Å². The van der Waals surface area contributed by atoms with Crippen LogP contribution in [0.4, 0.5) is 0 Å². The Balaban J connectivity index is 1.99. The van der Waals surface area contributed by atoms with Crippen molar-refractivity contribution in [3.63, 3.8) is 0 Å². The van der Waals surface area contributed by atoms with Crippen LogP contribution in [0.1, 0.15) is 24.0 Å². The first-order chi connectivity index (χ1) is 9.09. The summed E-state index contributed by atoms with van der Waals surface area (Å²) in [6.07, 6.45) is 1.70. The van der Waals surface area contributed by atoms with Crippen LogP contribution in [0.25, 0.3) is 0 Å². The van der Waals surface area contributed by atoms with Gasteiger partial charge in [-0.25, -0.2) is 13.1 Å². The van der Waals surface area contributed by atoms with Gasteiger partial charge in [0.2, 0.25) is 10.0 Å². The number of nitrogens with one attached hydrogen (secondary N) is 1. The Morgan fingerprint density at radius 1 is 1.37 bits per heavy atom. The second-order valence-electron chi connectivity index (χ2n) is 4.77. The van der Waals surface area contributed by atoms with E-state index in [1.807, 2.05) is 0 Å². The molecule has 1 heterocycles. The highest BCUT2D eigenvalue weighted by Crippen LogP contribution is 2.11. The van der Waals surface area contributed by atoms with E-state index in [-0.39, 0.29) is 18.4 Å². The zero-order valence-electron chi connectivity index (χ0n) is 10.7. The average molecular weight is 285 g/mol. The highest BCUT2D eigenvalue weighted by molar-refractivity contribution is 7.88. The molecule has 1 atom stereocenters. The molecule has 0 amide bonds. The van der Waals surface area contributed by atoms with Gasteiger partial charge in [-0.15, -0.1) is 0 Å². The quantitative estimate of drug-likeness (QED) is 0.838. The van der Waals surface area contributed by atoms with Gasteiger partial charge in [-0.1, -0.05) is 24.3 Å². The van der Waals surface area contributed by atoms with Crippen LogP contribution in [0.2, 0.25) is 0 Å². The van der Waals surface area contributed by atoms with E-state index >= 15 is 0 Å². The molecule has 0 aliphatic carbocycles. The van der Waals surface area contributed by atoms with Crippen LogP contribution in [0.3, 0.4) is 0 Å². The summed E-state index contributed by atoms with van der Waals surface area (Å²) in [6, 6.07) is 6.84. The van der Waals surface area contributed by atoms with Crippen LogP contribution < -0.4 is 4.72 Å². The van der Waals surface area contributed by atoms with Crippen LogP contribution >= 0.6 is 0 Å². The molecular formula is C13H19NO4S. The second kappa shape index (κ2) is 6.47. The molecule has 0 spiro atoms. The molecular weight excluding hydrogens is 266 g/mol. The highest BCUT2D eigenvalue weighted by atomic mass is 32.2. The van der Waals surface area contributed by atoms with Gasteiger partial charge in [0.25, 0.3) is 0 Å². The summed E-state index contributed by atoms with van der Waals surface area (Å²) in [5.74, 6) is -0.0721. The number of benzene rings is 1. The fourth-order valence-electron chi connectivity index (χ4n) is 2.17. The number of rotatable bonds is 5. The molecule has 1 aliphatic rings. The lowest BCUT2D eigenvalue weighted by atomic mass is 10.1. The van der Waals surface area contributed by atoms with Crippen molar-refractivity contribution in [3.05, 3.63) is 35.4 Å². The Kier molecular flexibility index (Phi) is 4.93. The molecule has 0 radical (unpaired) electrons. The van der Waals surface area contributed by atoms with Crippen molar-refractivity contribution >= 4 is 10.0 Å². The monoisotopic (exact) mass is 285 g/mol. The number of hydrogen-bond donors (Lipinski definition) is 2. The topological polar surface area (TPSA) is 75.6 Å². The molecule has 1 aromatic carbocycles. The predicted molar refractivity (Wildman–Crippen MR) is 72.0 cm³/mol. The van der Waals surface area contributed by atoms with E-state index in [2.05, 4.69) is 4.72 Å². The maximum absolute atomic E-state index is 12.0. The number of hydrogen-bond acceptors (Lipinski definition) is 4. The van der Waals surface area contributed by atoms with Crippen LogP contribution in [-0.2, 0) is 27.1 Å². The van der Waals surface area contributed by atoms with Crippen molar-refractivity contribution in [3.8, 4) is 0 Å². The smallest absolute Gasteiger partial charge is 0.216 e. The van der Waals surface area contributed by atoms with Gasteiger partial charge in [-0.3, -0.25) is 0 Å². The summed E-state index contributed by atoms with van der Waals surface area (Å²) in [5, 5.41) is 9.04. The van der Waals surface area contributed by atoms with Gasteiger partial charge in [0.15, 0.2) is 0 Å². The van der Waals surface area contributed by atoms with Gasteiger partial charge in [-0.05, 0) is 24.0 Å². The largest absolute Gasteiger partial charge is 0.392 e. The van der Waals surface area contributed by atoms with Gasteiger partial charge in [0.05, 0.1) is 19.0 Å². The second-order valence-corrected chi connectivity index (χ2v) is 6.52. The lowest BCUT2D eigenvalue weighted by Crippen LogP contribution is -2.41. The maximum atomic E-state index is 12.0. The molecule has 1 unspecified atom stereocenters. The molecule has 0 aromatic heterocycles. The molecule has 19 heavy (non-hydrogen) atoms. The average Bonchev–Trinajstić information content (AvgIpc) is 2.39. The lowest BCUT2D eigenvalue weighted by Gasteiger charge is -2.23. The minimum absolute atomic E-state index is 0.0721. The van der Waals surface area contributed by atoms with Crippen LogP contribution in [0, 0.1) is 0 Å². The highest BCUT2D eigenvalue weighted by Gasteiger charge is 2.20. The Morgan fingerprint density at radius 3 is 2.84 bits per heavy atom. The molecule has 2 N–H and O–H groups in total. The van der Waals surface area contributed by atoms with Crippen molar-refractivity contribution in [1.82, 2.24) is 4.72 Å². The fourth-order valence-corrected chi connectivity index (χ4v) is 3.56. The summed E-state index contributed by atoms with van der Waals surface area (Å²) in [7, 11) is -3.37. The van der Waals surface area contributed by atoms with Crippen LogP contribution in [0.5, 0.6) is 0 Å². The van der Waals surface area contributed by atoms with Crippen molar-refractivity contribution in [2.24, 2.45) is 0 Å². The van der Waals surface area contributed by atoms with E-state index in [1.54, 1.807) is 24.3 Å². The molecule has 1 aromatic rings. The first kappa shape index (κ1) is 14.5. The van der Waals surface area contributed by atoms with E-state index < -0.39 is 10.0 Å².